The molecule has 32 heavy (non-hydrogen) atoms. The van der Waals surface area contributed by atoms with Crippen molar-refractivity contribution in [1.82, 2.24) is 19.4 Å². The maximum absolute atomic E-state index is 13.3. The molecule has 1 saturated heterocycles. The van der Waals surface area contributed by atoms with Gasteiger partial charge < -0.3 is 14.8 Å². The van der Waals surface area contributed by atoms with Gasteiger partial charge in [0.1, 0.15) is 0 Å². The number of carbonyl (C=O) groups is 2. The Hall–Kier alpha value is -2.65. The molecule has 0 spiro atoms. The predicted octanol–water partition coefficient (Wildman–Crippen LogP) is 1.81. The largest absolute Gasteiger partial charge is 0.466 e. The second kappa shape index (κ2) is 10.3. The molecule has 2 fully saturated rings. The molecule has 9 heteroatoms. The van der Waals surface area contributed by atoms with E-state index < -0.39 is 6.03 Å². The maximum atomic E-state index is 13.3. The third kappa shape index (κ3) is 4.73. The molecule has 1 aliphatic carbocycles. The molecule has 2 heterocycles. The number of hydrogen-bond donors (Lipinski definition) is 1. The Kier molecular flexibility index (Phi) is 7.26. The summed E-state index contributed by atoms with van der Waals surface area (Å²) in [6, 6.07) is 6.51. The third-order valence-corrected chi connectivity index (χ3v) is 6.45. The number of esters is 1. The molecule has 0 radical (unpaired) electrons. The zero-order chi connectivity index (χ0) is 22.5. The molecule has 0 unspecified atom stereocenters. The van der Waals surface area contributed by atoms with Crippen molar-refractivity contribution in [1.29, 1.82) is 0 Å². The Morgan fingerprint density at radius 1 is 1.09 bits per heavy atom. The SMILES string of the molecule is CCOC(=O)[C@@H]1CCCC[C@@H]1NC(=O)n1c(=O)n(CCN2CCOCC2)c2ccccc21. The fraction of sp³-hybridized carbons (Fsp3) is 0.609. The predicted molar refractivity (Wildman–Crippen MR) is 120 cm³/mol. The van der Waals surface area contributed by atoms with E-state index in [9.17, 15) is 14.4 Å². The topological polar surface area (TPSA) is 94.8 Å². The molecule has 1 amide bonds. The minimum atomic E-state index is -0.488. The van der Waals surface area contributed by atoms with Gasteiger partial charge in [-0.15, -0.1) is 0 Å². The number of nitrogens with zero attached hydrogens (tertiary/aromatic N) is 3. The van der Waals surface area contributed by atoms with E-state index in [1.807, 2.05) is 18.2 Å². The number of rotatable bonds is 6. The number of amides is 1. The van der Waals surface area contributed by atoms with Crippen LogP contribution in [0.2, 0.25) is 0 Å². The fourth-order valence-corrected chi connectivity index (χ4v) is 4.75. The van der Waals surface area contributed by atoms with E-state index in [2.05, 4.69) is 10.2 Å². The van der Waals surface area contributed by atoms with E-state index in [0.29, 0.717) is 51.3 Å². The number of morpholine rings is 1. The molecule has 1 aliphatic heterocycles. The van der Waals surface area contributed by atoms with E-state index >= 15 is 0 Å². The first kappa shape index (κ1) is 22.5. The average Bonchev–Trinajstić information content (AvgIpc) is 3.10. The van der Waals surface area contributed by atoms with Gasteiger partial charge in [0.25, 0.3) is 0 Å². The van der Waals surface area contributed by atoms with E-state index in [1.54, 1.807) is 17.6 Å². The minimum Gasteiger partial charge on any atom is -0.466 e. The van der Waals surface area contributed by atoms with E-state index in [-0.39, 0.29) is 23.6 Å². The second-order valence-corrected chi connectivity index (χ2v) is 8.41. The van der Waals surface area contributed by atoms with Crippen molar-refractivity contribution in [3.05, 3.63) is 34.7 Å². The maximum Gasteiger partial charge on any atom is 0.337 e. The summed E-state index contributed by atoms with van der Waals surface area (Å²) in [4.78, 5) is 41.2. The van der Waals surface area contributed by atoms with Gasteiger partial charge in [0, 0.05) is 32.2 Å². The van der Waals surface area contributed by atoms with Crippen LogP contribution >= 0.6 is 0 Å². The lowest BCUT2D eigenvalue weighted by molar-refractivity contribution is -0.149. The molecule has 4 rings (SSSR count). The number of ether oxygens (including phenoxy) is 2. The van der Waals surface area contributed by atoms with Crippen LogP contribution in [0.1, 0.15) is 32.6 Å². The summed E-state index contributed by atoms with van der Waals surface area (Å²) in [6.45, 7) is 6.37. The summed E-state index contributed by atoms with van der Waals surface area (Å²) < 4.78 is 13.5. The molecule has 1 N–H and O–H groups in total. The minimum absolute atomic E-state index is 0.280. The molecule has 0 bridgehead atoms. The summed E-state index contributed by atoms with van der Waals surface area (Å²) in [5.74, 6) is -0.657. The standard InChI is InChI=1S/C23H32N4O5/c1-2-32-21(28)17-7-3-4-8-18(17)24-22(29)27-20-10-6-5-9-19(20)26(23(27)30)12-11-25-13-15-31-16-14-25/h5-6,9-10,17-18H,2-4,7-8,11-16H2,1H3,(H,24,29)/t17-,18+/m1/s1. The summed E-state index contributed by atoms with van der Waals surface area (Å²) >= 11 is 0. The van der Waals surface area contributed by atoms with Crippen molar-refractivity contribution < 1.29 is 19.1 Å². The zero-order valence-corrected chi connectivity index (χ0v) is 18.6. The smallest absolute Gasteiger partial charge is 0.337 e. The lowest BCUT2D eigenvalue weighted by Crippen LogP contribution is -2.49. The van der Waals surface area contributed by atoms with Crippen LogP contribution < -0.4 is 11.0 Å². The van der Waals surface area contributed by atoms with Crippen LogP contribution in [-0.2, 0) is 20.8 Å². The molecular formula is C23H32N4O5. The Morgan fingerprint density at radius 2 is 1.81 bits per heavy atom. The lowest BCUT2D eigenvalue weighted by atomic mass is 9.84. The van der Waals surface area contributed by atoms with Gasteiger partial charge in [-0.1, -0.05) is 25.0 Å². The molecule has 2 aliphatic rings. The molecule has 2 atom stereocenters. The average molecular weight is 445 g/mol. The number of fused-ring (bicyclic) bond motifs is 1. The molecule has 174 valence electrons. The van der Waals surface area contributed by atoms with E-state index in [4.69, 9.17) is 9.47 Å². The van der Waals surface area contributed by atoms with Gasteiger partial charge in [-0.25, -0.2) is 14.2 Å². The van der Waals surface area contributed by atoms with Gasteiger partial charge in [0.15, 0.2) is 0 Å². The van der Waals surface area contributed by atoms with Crippen molar-refractivity contribution in [2.24, 2.45) is 5.92 Å². The van der Waals surface area contributed by atoms with Crippen LogP contribution in [0, 0.1) is 5.92 Å². The van der Waals surface area contributed by atoms with E-state index in [0.717, 1.165) is 31.4 Å². The van der Waals surface area contributed by atoms with Crippen LogP contribution in [0.5, 0.6) is 0 Å². The number of aromatic nitrogens is 2. The van der Waals surface area contributed by atoms with Gasteiger partial charge in [0.05, 0.1) is 36.8 Å². The fourth-order valence-electron chi connectivity index (χ4n) is 4.75. The summed E-state index contributed by atoms with van der Waals surface area (Å²) in [6.07, 6.45) is 3.23. The summed E-state index contributed by atoms with van der Waals surface area (Å²) in [7, 11) is 0. The first-order valence-corrected chi connectivity index (χ1v) is 11.6. The number of hydrogen-bond acceptors (Lipinski definition) is 6. The quantitative estimate of drug-likeness (QED) is 0.683. The second-order valence-electron chi connectivity index (χ2n) is 8.41. The van der Waals surface area contributed by atoms with Gasteiger partial charge in [-0.3, -0.25) is 14.3 Å². The third-order valence-electron chi connectivity index (χ3n) is 6.45. The Bertz CT molecular complexity index is 1010. The van der Waals surface area contributed by atoms with E-state index in [1.165, 1.54) is 4.57 Å². The number of imidazole rings is 1. The highest BCUT2D eigenvalue weighted by atomic mass is 16.5. The number of nitrogens with one attached hydrogen (secondary N) is 1. The first-order valence-electron chi connectivity index (χ1n) is 11.6. The van der Waals surface area contributed by atoms with Crippen LogP contribution in [0.25, 0.3) is 11.0 Å². The van der Waals surface area contributed by atoms with Crippen molar-refractivity contribution in [2.45, 2.75) is 45.2 Å². The molecule has 2 aromatic rings. The lowest BCUT2D eigenvalue weighted by Gasteiger charge is -2.30. The normalized spacial score (nSPS) is 22.0. The van der Waals surface area contributed by atoms with Crippen LogP contribution in [0.15, 0.2) is 29.1 Å². The number of para-hydroxylation sites is 2. The van der Waals surface area contributed by atoms with Crippen LogP contribution in [0.3, 0.4) is 0 Å². The number of carbonyl (C=O) groups excluding carboxylic acids is 2. The molecular weight excluding hydrogens is 412 g/mol. The van der Waals surface area contributed by atoms with Gasteiger partial charge >= 0.3 is 17.7 Å². The van der Waals surface area contributed by atoms with Crippen molar-refractivity contribution in [3.63, 3.8) is 0 Å². The highest BCUT2D eigenvalue weighted by molar-refractivity contribution is 5.90. The van der Waals surface area contributed by atoms with Crippen LogP contribution in [-0.4, -0.2) is 71.5 Å². The highest BCUT2D eigenvalue weighted by Crippen LogP contribution is 2.26. The zero-order valence-electron chi connectivity index (χ0n) is 18.6. The van der Waals surface area contributed by atoms with Crippen molar-refractivity contribution in [2.75, 3.05) is 39.5 Å². The first-order chi connectivity index (χ1) is 15.6. The number of benzene rings is 1. The summed E-state index contributed by atoms with van der Waals surface area (Å²) in [5.41, 5.74) is 0.937. The van der Waals surface area contributed by atoms with Crippen molar-refractivity contribution >= 4 is 23.0 Å². The molecule has 1 aromatic carbocycles. The summed E-state index contributed by atoms with van der Waals surface area (Å²) in [5, 5.41) is 2.96. The molecule has 1 aromatic heterocycles. The van der Waals surface area contributed by atoms with Crippen LogP contribution in [0.4, 0.5) is 4.79 Å². The van der Waals surface area contributed by atoms with Gasteiger partial charge in [-0.05, 0) is 31.9 Å². The van der Waals surface area contributed by atoms with Crippen molar-refractivity contribution in [3.8, 4) is 0 Å². The molecule has 9 nitrogen and oxygen atoms in total. The highest BCUT2D eigenvalue weighted by Gasteiger charge is 2.34. The molecule has 1 saturated carbocycles. The van der Waals surface area contributed by atoms with Gasteiger partial charge in [-0.2, -0.15) is 0 Å². The van der Waals surface area contributed by atoms with Gasteiger partial charge in [0.2, 0.25) is 0 Å². The Balaban J connectivity index is 1.56. The Labute approximate surface area is 187 Å². The Morgan fingerprint density at radius 3 is 2.56 bits per heavy atom. The monoisotopic (exact) mass is 444 g/mol.